The van der Waals surface area contributed by atoms with E-state index in [9.17, 15) is 14.0 Å². The third kappa shape index (κ3) is 4.31. The van der Waals surface area contributed by atoms with Crippen LogP contribution in [0.25, 0.3) is 5.57 Å². The maximum atomic E-state index is 13.9. The highest BCUT2D eigenvalue weighted by Crippen LogP contribution is 2.42. The molecule has 0 unspecified atom stereocenters. The van der Waals surface area contributed by atoms with Gasteiger partial charge in [0.1, 0.15) is 11.7 Å². The summed E-state index contributed by atoms with van der Waals surface area (Å²) in [7, 11) is 3.08. The lowest BCUT2D eigenvalue weighted by Gasteiger charge is -2.29. The number of hydrogen-bond donors (Lipinski definition) is 0. The first-order chi connectivity index (χ1) is 14.0. The molecule has 0 bridgehead atoms. The number of ketones is 1. The third-order valence-electron chi connectivity index (χ3n) is 5.04. The lowest BCUT2D eigenvalue weighted by Crippen LogP contribution is -2.34. The van der Waals surface area contributed by atoms with Crippen LogP contribution in [0.3, 0.4) is 0 Å². The predicted octanol–water partition coefficient (Wildman–Crippen LogP) is 4.16. The van der Waals surface area contributed by atoms with E-state index in [1.165, 1.54) is 25.3 Å². The molecule has 0 saturated heterocycles. The van der Waals surface area contributed by atoms with Gasteiger partial charge in [-0.15, -0.1) is 0 Å². The van der Waals surface area contributed by atoms with E-state index in [0.29, 0.717) is 23.5 Å². The van der Waals surface area contributed by atoms with Crippen LogP contribution in [0.15, 0.2) is 48.5 Å². The quantitative estimate of drug-likeness (QED) is 0.540. The zero-order valence-corrected chi connectivity index (χ0v) is 16.6. The van der Waals surface area contributed by atoms with Crippen LogP contribution in [-0.4, -0.2) is 32.6 Å². The van der Waals surface area contributed by atoms with Crippen molar-refractivity contribution >= 4 is 17.3 Å². The van der Waals surface area contributed by atoms with E-state index in [0.717, 1.165) is 11.1 Å². The summed E-state index contributed by atoms with van der Waals surface area (Å²) >= 11 is 0. The predicted molar refractivity (Wildman–Crippen MR) is 106 cm³/mol. The average molecular weight is 398 g/mol. The lowest BCUT2D eigenvalue weighted by atomic mass is 9.73. The fraction of sp³-hybridized carbons (Fsp3) is 0.304. The van der Waals surface area contributed by atoms with Crippen LogP contribution in [0.5, 0.6) is 11.5 Å². The first kappa shape index (κ1) is 20.6. The Morgan fingerprint density at radius 1 is 1.10 bits per heavy atom. The van der Waals surface area contributed by atoms with Crippen molar-refractivity contribution in [3.8, 4) is 11.5 Å². The van der Waals surface area contributed by atoms with Gasteiger partial charge in [0.25, 0.3) is 0 Å². The number of hydrogen-bond acceptors (Lipinski definition) is 5. The second-order valence-corrected chi connectivity index (χ2v) is 6.74. The first-order valence-corrected chi connectivity index (χ1v) is 9.37. The maximum absolute atomic E-state index is 13.9. The standard InChI is InChI=1S/C23H23FO5/c1-4-29-23(26)22-18(15-6-5-7-17(24)10-15)11-16(12-19(22)25)14-8-9-20(27-2)21(13-14)28-3/h5-10,12-13,18,22H,4,11H2,1-3H3/t18-,22-/m0/s1. The summed E-state index contributed by atoms with van der Waals surface area (Å²) in [5, 5.41) is 0. The number of carbonyl (C=O) groups is 2. The van der Waals surface area contributed by atoms with Crippen molar-refractivity contribution in [1.29, 1.82) is 0 Å². The number of ether oxygens (including phenoxy) is 3. The molecule has 0 aliphatic heterocycles. The van der Waals surface area contributed by atoms with Crippen LogP contribution in [0.4, 0.5) is 4.39 Å². The van der Waals surface area contributed by atoms with Crippen LogP contribution >= 0.6 is 0 Å². The smallest absolute Gasteiger partial charge is 0.317 e. The van der Waals surface area contributed by atoms with Gasteiger partial charge in [-0.05, 0) is 60.4 Å². The van der Waals surface area contributed by atoms with Crippen LogP contribution in [-0.2, 0) is 14.3 Å². The summed E-state index contributed by atoms with van der Waals surface area (Å²) in [5.41, 5.74) is 2.10. The van der Waals surface area contributed by atoms with E-state index in [1.54, 1.807) is 38.3 Å². The molecule has 5 nitrogen and oxygen atoms in total. The topological polar surface area (TPSA) is 61.8 Å². The van der Waals surface area contributed by atoms with Gasteiger partial charge in [0.05, 0.1) is 20.8 Å². The van der Waals surface area contributed by atoms with Gasteiger partial charge in [-0.3, -0.25) is 9.59 Å². The molecule has 3 rings (SSSR count). The number of benzene rings is 2. The van der Waals surface area contributed by atoms with E-state index in [2.05, 4.69) is 0 Å². The highest BCUT2D eigenvalue weighted by atomic mass is 19.1. The number of allylic oxidation sites excluding steroid dienone is 2. The zero-order chi connectivity index (χ0) is 21.0. The first-order valence-electron chi connectivity index (χ1n) is 9.37. The van der Waals surface area contributed by atoms with E-state index < -0.39 is 23.6 Å². The molecule has 2 atom stereocenters. The van der Waals surface area contributed by atoms with Crippen molar-refractivity contribution in [1.82, 2.24) is 0 Å². The largest absolute Gasteiger partial charge is 0.493 e. The van der Waals surface area contributed by atoms with Crippen molar-refractivity contribution in [2.24, 2.45) is 5.92 Å². The van der Waals surface area contributed by atoms with Crippen LogP contribution in [0.2, 0.25) is 0 Å². The molecule has 2 aromatic rings. The molecule has 29 heavy (non-hydrogen) atoms. The number of carbonyl (C=O) groups excluding carboxylic acids is 2. The van der Waals surface area contributed by atoms with E-state index >= 15 is 0 Å². The normalized spacial score (nSPS) is 18.8. The van der Waals surface area contributed by atoms with Gasteiger partial charge in [0.2, 0.25) is 0 Å². The number of esters is 1. The molecule has 152 valence electrons. The van der Waals surface area contributed by atoms with E-state index in [1.807, 2.05) is 6.07 Å². The minimum absolute atomic E-state index is 0.171. The Balaban J connectivity index is 2.04. The Labute approximate surface area is 169 Å². The third-order valence-corrected chi connectivity index (χ3v) is 5.04. The SMILES string of the molecule is CCOC(=O)[C@@H]1C(=O)C=C(c2ccc(OC)c(OC)c2)C[C@H]1c1cccc(F)c1. The molecule has 0 fully saturated rings. The molecule has 0 heterocycles. The highest BCUT2D eigenvalue weighted by Gasteiger charge is 2.40. The van der Waals surface area contributed by atoms with Crippen LogP contribution in [0.1, 0.15) is 30.4 Å². The second kappa shape index (κ2) is 8.90. The van der Waals surface area contributed by atoms with Gasteiger partial charge in [-0.2, -0.15) is 0 Å². The molecule has 0 radical (unpaired) electrons. The van der Waals surface area contributed by atoms with E-state index in [-0.39, 0.29) is 12.4 Å². The molecule has 0 N–H and O–H groups in total. The molecular formula is C23H23FO5. The maximum Gasteiger partial charge on any atom is 0.317 e. The van der Waals surface area contributed by atoms with Crippen molar-refractivity contribution in [3.63, 3.8) is 0 Å². The fourth-order valence-electron chi connectivity index (χ4n) is 3.67. The Morgan fingerprint density at radius 3 is 2.52 bits per heavy atom. The Kier molecular flexibility index (Phi) is 6.32. The van der Waals surface area contributed by atoms with Crippen molar-refractivity contribution < 1.29 is 28.2 Å². The Morgan fingerprint density at radius 2 is 1.86 bits per heavy atom. The number of halogens is 1. The molecular weight excluding hydrogens is 375 g/mol. The summed E-state index contributed by atoms with van der Waals surface area (Å²) < 4.78 is 29.6. The summed E-state index contributed by atoms with van der Waals surface area (Å²) in [6, 6.07) is 11.4. The van der Waals surface area contributed by atoms with Gasteiger partial charge in [0, 0.05) is 5.92 Å². The minimum Gasteiger partial charge on any atom is -0.493 e. The average Bonchev–Trinajstić information content (AvgIpc) is 2.72. The monoisotopic (exact) mass is 398 g/mol. The molecule has 0 spiro atoms. The van der Waals surface area contributed by atoms with Gasteiger partial charge < -0.3 is 14.2 Å². The van der Waals surface area contributed by atoms with Crippen molar-refractivity contribution in [2.45, 2.75) is 19.3 Å². The van der Waals surface area contributed by atoms with Crippen LogP contribution in [0, 0.1) is 11.7 Å². The summed E-state index contributed by atoms with van der Waals surface area (Å²) in [6.45, 7) is 1.86. The number of rotatable bonds is 6. The summed E-state index contributed by atoms with van der Waals surface area (Å²) in [6.07, 6.45) is 1.85. The van der Waals surface area contributed by atoms with Gasteiger partial charge in [0.15, 0.2) is 17.3 Å². The number of methoxy groups -OCH3 is 2. The molecule has 1 aliphatic carbocycles. The fourth-order valence-corrected chi connectivity index (χ4v) is 3.67. The lowest BCUT2D eigenvalue weighted by molar-refractivity contribution is -0.151. The molecule has 6 heteroatoms. The molecule has 0 saturated carbocycles. The summed E-state index contributed by atoms with van der Waals surface area (Å²) in [5.74, 6) is -1.77. The Hall–Kier alpha value is -3.15. The molecule has 0 aromatic heterocycles. The zero-order valence-electron chi connectivity index (χ0n) is 16.6. The Bertz CT molecular complexity index is 950. The van der Waals surface area contributed by atoms with E-state index in [4.69, 9.17) is 14.2 Å². The minimum atomic E-state index is -0.999. The molecule has 0 amide bonds. The van der Waals surface area contributed by atoms with Crippen molar-refractivity contribution in [2.75, 3.05) is 20.8 Å². The summed E-state index contributed by atoms with van der Waals surface area (Å²) in [4.78, 5) is 25.4. The highest BCUT2D eigenvalue weighted by molar-refractivity contribution is 6.10. The van der Waals surface area contributed by atoms with Gasteiger partial charge in [-0.25, -0.2) is 4.39 Å². The van der Waals surface area contributed by atoms with Crippen molar-refractivity contribution in [3.05, 3.63) is 65.5 Å². The molecule has 2 aromatic carbocycles. The van der Waals surface area contributed by atoms with Gasteiger partial charge in [-0.1, -0.05) is 18.2 Å². The van der Waals surface area contributed by atoms with Gasteiger partial charge >= 0.3 is 5.97 Å². The molecule has 1 aliphatic rings. The van der Waals surface area contributed by atoms with Crippen LogP contribution < -0.4 is 9.47 Å². The second-order valence-electron chi connectivity index (χ2n) is 6.74.